The summed E-state index contributed by atoms with van der Waals surface area (Å²) < 4.78 is 10.7. The number of nitrogens with zero attached hydrogens (tertiary/aromatic N) is 2. The number of carbonyl (C=O) groups is 1. The number of hydrogen-bond donors (Lipinski definition) is 0. The van der Waals surface area contributed by atoms with Crippen LogP contribution in [0.5, 0.6) is 0 Å². The zero-order chi connectivity index (χ0) is 19.2. The third kappa shape index (κ3) is 5.32. The number of aromatic nitrogens is 1. The van der Waals surface area contributed by atoms with E-state index in [2.05, 4.69) is 4.98 Å². The summed E-state index contributed by atoms with van der Waals surface area (Å²) in [6.45, 7) is -0.0761. The van der Waals surface area contributed by atoms with Crippen LogP contribution in [0.15, 0.2) is 64.0 Å². The number of thioether (sulfide) groups is 1. The first-order chi connectivity index (χ1) is 13.0. The molecule has 138 valence electrons. The zero-order valence-electron chi connectivity index (χ0n) is 13.8. The molecule has 1 heterocycles. The summed E-state index contributed by atoms with van der Waals surface area (Å²) in [7, 11) is 0. The predicted molar refractivity (Wildman–Crippen MR) is 101 cm³/mol. The second kappa shape index (κ2) is 8.70. The summed E-state index contributed by atoms with van der Waals surface area (Å²) in [6.07, 6.45) is 1.55. The van der Waals surface area contributed by atoms with Crippen molar-refractivity contribution in [3.63, 3.8) is 0 Å². The molecule has 0 N–H and O–H groups in total. The van der Waals surface area contributed by atoms with Gasteiger partial charge in [0.15, 0.2) is 12.4 Å². The molecular weight excluding hydrogens is 392 g/mol. The molecule has 9 heteroatoms. The summed E-state index contributed by atoms with van der Waals surface area (Å²) in [6, 6.07) is 13.0. The summed E-state index contributed by atoms with van der Waals surface area (Å²) in [5.41, 5.74) is 0.820. The van der Waals surface area contributed by atoms with E-state index >= 15 is 0 Å². The predicted octanol–water partition coefficient (Wildman–Crippen LogP) is 4.74. The molecule has 3 rings (SSSR count). The summed E-state index contributed by atoms with van der Waals surface area (Å²) in [4.78, 5) is 26.8. The standard InChI is InChI=1S/C18H13ClN2O5S/c19-13-3-1-12(2-4-13)16-9-20-17(26-16)10-25-18(22)11-27-15-7-5-14(6-8-15)21(23)24/h1-9H,10-11H2. The first kappa shape index (κ1) is 18.9. The molecule has 0 amide bonds. The van der Waals surface area contributed by atoms with Crippen LogP contribution in [0.25, 0.3) is 11.3 Å². The Bertz CT molecular complexity index is 941. The molecule has 0 atom stereocenters. The molecule has 0 aliphatic heterocycles. The van der Waals surface area contributed by atoms with E-state index in [0.29, 0.717) is 10.8 Å². The lowest BCUT2D eigenvalue weighted by molar-refractivity contribution is -0.384. The normalized spacial score (nSPS) is 10.6. The van der Waals surface area contributed by atoms with Crippen LogP contribution in [0.2, 0.25) is 5.02 Å². The topological polar surface area (TPSA) is 95.5 Å². The molecule has 1 aromatic heterocycles. The smallest absolute Gasteiger partial charge is 0.316 e. The van der Waals surface area contributed by atoms with E-state index in [1.807, 2.05) is 0 Å². The molecule has 0 fully saturated rings. The van der Waals surface area contributed by atoms with Crippen molar-refractivity contribution < 1.29 is 18.9 Å². The molecule has 7 nitrogen and oxygen atoms in total. The molecule has 0 radical (unpaired) electrons. The van der Waals surface area contributed by atoms with E-state index in [9.17, 15) is 14.9 Å². The minimum Gasteiger partial charge on any atom is -0.455 e. The first-order valence-corrected chi connectivity index (χ1v) is 9.11. The minimum atomic E-state index is -0.475. The molecule has 0 bridgehead atoms. The molecule has 0 spiro atoms. The Morgan fingerprint density at radius 2 is 1.89 bits per heavy atom. The fourth-order valence-corrected chi connectivity index (χ4v) is 2.94. The fraction of sp³-hybridized carbons (Fsp3) is 0.111. The van der Waals surface area contributed by atoms with Crippen LogP contribution >= 0.6 is 23.4 Å². The van der Waals surface area contributed by atoms with Gasteiger partial charge < -0.3 is 9.15 Å². The number of ether oxygens (including phenoxy) is 1. The number of non-ortho nitro benzene ring substituents is 1. The maximum atomic E-state index is 11.8. The summed E-state index contributed by atoms with van der Waals surface area (Å²) in [5.74, 6) is 0.471. The lowest BCUT2D eigenvalue weighted by Crippen LogP contribution is -2.07. The van der Waals surface area contributed by atoms with Gasteiger partial charge in [0.05, 0.1) is 16.9 Å². The van der Waals surface area contributed by atoms with Crippen molar-refractivity contribution in [3.8, 4) is 11.3 Å². The highest BCUT2D eigenvalue weighted by Gasteiger charge is 2.11. The number of esters is 1. The van der Waals surface area contributed by atoms with Crippen molar-refractivity contribution in [2.24, 2.45) is 0 Å². The van der Waals surface area contributed by atoms with Gasteiger partial charge in [-0.05, 0) is 36.4 Å². The number of nitro benzene ring substituents is 1. The number of oxazole rings is 1. The lowest BCUT2D eigenvalue weighted by atomic mass is 10.2. The van der Waals surface area contributed by atoms with Crippen molar-refractivity contribution in [1.82, 2.24) is 4.98 Å². The number of nitro groups is 1. The molecular formula is C18H13ClN2O5S. The number of carbonyl (C=O) groups excluding carboxylic acids is 1. The van der Waals surface area contributed by atoms with Crippen LogP contribution in [0.4, 0.5) is 5.69 Å². The van der Waals surface area contributed by atoms with E-state index in [4.69, 9.17) is 20.8 Å². The molecule has 0 saturated carbocycles. The molecule has 3 aromatic rings. The van der Waals surface area contributed by atoms with Crippen LogP contribution < -0.4 is 0 Å². The Kier molecular flexibility index (Phi) is 6.10. The second-order valence-corrected chi connectivity index (χ2v) is 6.81. The lowest BCUT2D eigenvalue weighted by Gasteiger charge is -2.03. The Morgan fingerprint density at radius 3 is 2.56 bits per heavy atom. The van der Waals surface area contributed by atoms with Gasteiger partial charge in [-0.15, -0.1) is 11.8 Å². The van der Waals surface area contributed by atoms with Gasteiger partial charge in [0, 0.05) is 27.6 Å². The van der Waals surface area contributed by atoms with Gasteiger partial charge in [-0.2, -0.15) is 0 Å². The molecule has 0 saturated heterocycles. The van der Waals surface area contributed by atoms with Crippen molar-refractivity contribution in [3.05, 3.63) is 75.8 Å². The van der Waals surface area contributed by atoms with E-state index in [-0.39, 0.29) is 23.9 Å². The third-order valence-electron chi connectivity index (χ3n) is 3.44. The van der Waals surface area contributed by atoms with E-state index < -0.39 is 10.9 Å². The van der Waals surface area contributed by atoms with E-state index in [1.165, 1.54) is 23.9 Å². The Morgan fingerprint density at radius 1 is 1.19 bits per heavy atom. The summed E-state index contributed by atoms with van der Waals surface area (Å²) >= 11 is 7.08. The number of rotatable bonds is 7. The average molecular weight is 405 g/mol. The highest BCUT2D eigenvalue weighted by molar-refractivity contribution is 8.00. The number of hydrogen-bond acceptors (Lipinski definition) is 7. The van der Waals surface area contributed by atoms with Gasteiger partial charge in [-0.1, -0.05) is 11.6 Å². The molecule has 0 aliphatic carbocycles. The SMILES string of the molecule is O=C(CSc1ccc([N+](=O)[O-])cc1)OCc1ncc(-c2ccc(Cl)cc2)o1. The van der Waals surface area contributed by atoms with Gasteiger partial charge in [-0.25, -0.2) is 4.98 Å². The Labute approximate surface area is 163 Å². The van der Waals surface area contributed by atoms with E-state index in [1.54, 1.807) is 42.6 Å². The fourth-order valence-electron chi connectivity index (χ4n) is 2.11. The van der Waals surface area contributed by atoms with Gasteiger partial charge in [0.2, 0.25) is 5.89 Å². The molecule has 2 aromatic carbocycles. The second-order valence-electron chi connectivity index (χ2n) is 5.33. The maximum Gasteiger partial charge on any atom is 0.316 e. The monoisotopic (exact) mass is 404 g/mol. The minimum absolute atomic E-state index is 0.00214. The molecule has 0 aliphatic rings. The quantitative estimate of drug-likeness (QED) is 0.243. The van der Waals surface area contributed by atoms with Gasteiger partial charge in [-0.3, -0.25) is 14.9 Å². The zero-order valence-corrected chi connectivity index (χ0v) is 15.4. The van der Waals surface area contributed by atoms with Gasteiger partial charge in [0.1, 0.15) is 0 Å². The van der Waals surface area contributed by atoms with Crippen molar-refractivity contribution >= 4 is 35.0 Å². The van der Waals surface area contributed by atoms with Crippen LogP contribution in [0.3, 0.4) is 0 Å². The highest BCUT2D eigenvalue weighted by Crippen LogP contribution is 2.23. The van der Waals surface area contributed by atoms with Crippen LogP contribution in [-0.4, -0.2) is 21.6 Å². The Hall–Kier alpha value is -2.84. The molecule has 0 unspecified atom stereocenters. The maximum absolute atomic E-state index is 11.8. The van der Waals surface area contributed by atoms with Crippen LogP contribution in [-0.2, 0) is 16.1 Å². The van der Waals surface area contributed by atoms with Crippen LogP contribution in [0.1, 0.15) is 5.89 Å². The van der Waals surface area contributed by atoms with Crippen molar-refractivity contribution in [2.75, 3.05) is 5.75 Å². The van der Waals surface area contributed by atoms with Crippen molar-refractivity contribution in [1.29, 1.82) is 0 Å². The average Bonchev–Trinajstić information content (AvgIpc) is 3.14. The van der Waals surface area contributed by atoms with Gasteiger partial charge in [0.25, 0.3) is 5.69 Å². The number of halogens is 1. The van der Waals surface area contributed by atoms with E-state index in [0.717, 1.165) is 10.5 Å². The Balaban J connectivity index is 1.48. The number of benzene rings is 2. The van der Waals surface area contributed by atoms with Crippen LogP contribution in [0, 0.1) is 10.1 Å². The largest absolute Gasteiger partial charge is 0.455 e. The first-order valence-electron chi connectivity index (χ1n) is 7.75. The van der Waals surface area contributed by atoms with Crippen molar-refractivity contribution in [2.45, 2.75) is 11.5 Å². The van der Waals surface area contributed by atoms with Gasteiger partial charge >= 0.3 is 5.97 Å². The highest BCUT2D eigenvalue weighted by atomic mass is 35.5. The molecule has 27 heavy (non-hydrogen) atoms. The summed E-state index contributed by atoms with van der Waals surface area (Å²) in [5, 5.41) is 11.2. The third-order valence-corrected chi connectivity index (χ3v) is 4.68.